The van der Waals surface area contributed by atoms with Gasteiger partial charge in [-0.2, -0.15) is 0 Å². The Hall–Kier alpha value is -3.35. The van der Waals surface area contributed by atoms with E-state index in [4.69, 9.17) is 9.84 Å². The highest BCUT2D eigenvalue weighted by molar-refractivity contribution is 5.81. The van der Waals surface area contributed by atoms with E-state index in [0.717, 1.165) is 43.2 Å². The van der Waals surface area contributed by atoms with Crippen LogP contribution in [0.25, 0.3) is 11.1 Å². The van der Waals surface area contributed by atoms with Crippen molar-refractivity contribution in [2.75, 3.05) is 6.61 Å². The molecule has 35 heavy (non-hydrogen) atoms. The summed E-state index contributed by atoms with van der Waals surface area (Å²) in [6, 6.07) is 16.0. The SMILES string of the molecule is O=C(O)C[C@@H]1CCC[C@H]1NC(=O)C1CCCC1NC(=O)OCC1c2ccccc2-c2ccccc21. The zero-order valence-electron chi connectivity index (χ0n) is 19.7. The van der Waals surface area contributed by atoms with Gasteiger partial charge in [0.25, 0.3) is 0 Å². The van der Waals surface area contributed by atoms with Crippen molar-refractivity contribution in [1.29, 1.82) is 0 Å². The maximum absolute atomic E-state index is 13.0. The molecule has 7 nitrogen and oxygen atoms in total. The fourth-order valence-corrected chi connectivity index (χ4v) is 6.22. The van der Waals surface area contributed by atoms with Gasteiger partial charge in [-0.1, -0.05) is 61.4 Å². The molecule has 2 aromatic carbocycles. The molecule has 0 aliphatic heterocycles. The first-order chi connectivity index (χ1) is 17.0. The van der Waals surface area contributed by atoms with Crippen LogP contribution in [0, 0.1) is 11.8 Å². The molecule has 184 valence electrons. The van der Waals surface area contributed by atoms with Gasteiger partial charge in [-0.15, -0.1) is 0 Å². The van der Waals surface area contributed by atoms with E-state index in [9.17, 15) is 14.4 Å². The van der Waals surface area contributed by atoms with E-state index in [0.29, 0.717) is 6.42 Å². The summed E-state index contributed by atoms with van der Waals surface area (Å²) in [4.78, 5) is 36.9. The number of carboxylic acids is 1. The number of amides is 2. The summed E-state index contributed by atoms with van der Waals surface area (Å²) in [5.41, 5.74) is 4.68. The second-order valence-electron chi connectivity index (χ2n) is 10.0. The van der Waals surface area contributed by atoms with Crippen LogP contribution < -0.4 is 10.6 Å². The first kappa shape index (κ1) is 23.4. The Kier molecular flexibility index (Phi) is 6.75. The molecular formula is C28H32N2O5. The van der Waals surface area contributed by atoms with Gasteiger partial charge in [0.05, 0.1) is 12.3 Å². The Morgan fingerprint density at radius 2 is 1.46 bits per heavy atom. The normalized spacial score (nSPS) is 25.0. The van der Waals surface area contributed by atoms with Gasteiger partial charge in [-0.3, -0.25) is 9.59 Å². The van der Waals surface area contributed by atoms with Crippen LogP contribution in [0.5, 0.6) is 0 Å². The fraction of sp³-hybridized carbons (Fsp3) is 0.464. The zero-order chi connectivity index (χ0) is 24.4. The molecule has 0 bridgehead atoms. The zero-order valence-corrected chi connectivity index (χ0v) is 19.7. The van der Waals surface area contributed by atoms with Gasteiger partial charge >= 0.3 is 12.1 Å². The Balaban J connectivity index is 1.17. The molecule has 2 saturated carbocycles. The number of benzene rings is 2. The average molecular weight is 477 g/mol. The van der Waals surface area contributed by atoms with E-state index in [1.54, 1.807) is 0 Å². The first-order valence-corrected chi connectivity index (χ1v) is 12.6. The summed E-state index contributed by atoms with van der Waals surface area (Å²) in [6.45, 7) is 0.238. The van der Waals surface area contributed by atoms with Crippen LogP contribution in [-0.4, -0.2) is 41.8 Å². The van der Waals surface area contributed by atoms with Crippen LogP contribution in [0.1, 0.15) is 62.0 Å². The molecule has 0 spiro atoms. The number of aliphatic carboxylic acids is 1. The molecule has 3 N–H and O–H groups in total. The third-order valence-corrected chi connectivity index (χ3v) is 7.92. The maximum Gasteiger partial charge on any atom is 0.407 e. The lowest BCUT2D eigenvalue weighted by molar-refractivity contribution is -0.138. The lowest BCUT2D eigenvalue weighted by Crippen LogP contribution is -2.47. The topological polar surface area (TPSA) is 105 Å². The summed E-state index contributed by atoms with van der Waals surface area (Å²) < 4.78 is 5.68. The van der Waals surface area contributed by atoms with Gasteiger partial charge < -0.3 is 20.5 Å². The van der Waals surface area contributed by atoms with Gasteiger partial charge in [0.15, 0.2) is 0 Å². The third-order valence-electron chi connectivity index (χ3n) is 7.92. The molecule has 2 fully saturated rings. The number of rotatable bonds is 7. The molecular weight excluding hydrogens is 444 g/mol. The van der Waals surface area contributed by atoms with E-state index in [-0.39, 0.29) is 48.8 Å². The highest BCUT2D eigenvalue weighted by Gasteiger charge is 2.38. The number of hydrogen-bond acceptors (Lipinski definition) is 4. The Bertz CT molecular complexity index is 1070. The summed E-state index contributed by atoms with van der Waals surface area (Å²) in [7, 11) is 0. The number of nitrogens with one attached hydrogen (secondary N) is 2. The number of fused-ring (bicyclic) bond motifs is 3. The standard InChI is InChI=1S/C28H32N2O5/c31-26(32)15-17-7-5-13-24(17)29-27(33)22-12-6-14-25(22)30-28(34)35-16-23-20-10-3-1-8-18(20)19-9-2-4-11-21(19)23/h1-4,8-11,17,22-25H,5-7,12-16H2,(H,29,33)(H,30,34)(H,31,32)/t17-,22?,24+,25?/m0/s1. The van der Waals surface area contributed by atoms with E-state index >= 15 is 0 Å². The molecule has 0 heterocycles. The lowest BCUT2D eigenvalue weighted by atomic mass is 9.97. The van der Waals surface area contributed by atoms with Crippen molar-refractivity contribution in [1.82, 2.24) is 10.6 Å². The van der Waals surface area contributed by atoms with Gasteiger partial charge in [-0.05, 0) is 53.9 Å². The van der Waals surface area contributed by atoms with E-state index in [1.165, 1.54) is 11.1 Å². The smallest absolute Gasteiger partial charge is 0.407 e. The van der Waals surface area contributed by atoms with Crippen molar-refractivity contribution < 1.29 is 24.2 Å². The second-order valence-corrected chi connectivity index (χ2v) is 10.0. The molecule has 0 saturated heterocycles. The number of carboxylic acid groups (broad SMARTS) is 1. The molecule has 5 rings (SSSR count). The van der Waals surface area contributed by atoms with Crippen molar-refractivity contribution in [2.24, 2.45) is 11.8 Å². The summed E-state index contributed by atoms with van der Waals surface area (Å²) in [5.74, 6) is -1.27. The van der Waals surface area contributed by atoms with Crippen LogP contribution in [-0.2, 0) is 14.3 Å². The van der Waals surface area contributed by atoms with Crippen molar-refractivity contribution in [3.8, 4) is 11.1 Å². The number of carbonyl (C=O) groups is 3. The summed E-state index contributed by atoms with van der Waals surface area (Å²) in [5, 5.41) is 15.2. The number of ether oxygens (including phenoxy) is 1. The molecule has 3 aliphatic carbocycles. The third kappa shape index (κ3) is 4.90. The van der Waals surface area contributed by atoms with Gasteiger partial charge in [0, 0.05) is 18.0 Å². The Labute approximate surface area is 205 Å². The quantitative estimate of drug-likeness (QED) is 0.548. The van der Waals surface area contributed by atoms with Gasteiger partial charge in [0.1, 0.15) is 6.61 Å². The highest BCUT2D eigenvalue weighted by atomic mass is 16.5. The fourth-order valence-electron chi connectivity index (χ4n) is 6.22. The van der Waals surface area contributed by atoms with Crippen LogP contribution in [0.2, 0.25) is 0 Å². The lowest BCUT2D eigenvalue weighted by Gasteiger charge is -2.25. The van der Waals surface area contributed by atoms with Crippen LogP contribution in [0.4, 0.5) is 4.79 Å². The first-order valence-electron chi connectivity index (χ1n) is 12.6. The van der Waals surface area contributed by atoms with E-state index in [1.807, 2.05) is 24.3 Å². The van der Waals surface area contributed by atoms with Gasteiger partial charge in [-0.25, -0.2) is 4.79 Å². The van der Waals surface area contributed by atoms with Crippen LogP contribution >= 0.6 is 0 Å². The number of carbonyl (C=O) groups excluding carboxylic acids is 2. The maximum atomic E-state index is 13.0. The van der Waals surface area contributed by atoms with E-state index < -0.39 is 12.1 Å². The Morgan fingerprint density at radius 1 is 0.829 bits per heavy atom. The van der Waals surface area contributed by atoms with Crippen LogP contribution in [0.15, 0.2) is 48.5 Å². The van der Waals surface area contributed by atoms with Crippen molar-refractivity contribution in [2.45, 2.75) is 62.9 Å². The molecule has 3 aliphatic rings. The minimum atomic E-state index is -0.827. The number of alkyl carbamates (subject to hydrolysis) is 1. The highest BCUT2D eigenvalue weighted by Crippen LogP contribution is 2.44. The Morgan fingerprint density at radius 3 is 2.14 bits per heavy atom. The summed E-state index contributed by atoms with van der Waals surface area (Å²) in [6.07, 6.45) is 4.43. The minimum Gasteiger partial charge on any atom is -0.481 e. The minimum absolute atomic E-state index is 0.00985. The molecule has 2 aromatic rings. The van der Waals surface area contributed by atoms with Crippen molar-refractivity contribution >= 4 is 18.0 Å². The molecule has 4 atom stereocenters. The summed E-state index contributed by atoms with van der Waals surface area (Å²) >= 11 is 0. The average Bonchev–Trinajstić information content (AvgIpc) is 3.56. The predicted octanol–water partition coefficient (Wildman–Crippen LogP) is 4.45. The van der Waals surface area contributed by atoms with Gasteiger partial charge in [0.2, 0.25) is 5.91 Å². The van der Waals surface area contributed by atoms with E-state index in [2.05, 4.69) is 34.9 Å². The van der Waals surface area contributed by atoms with Crippen molar-refractivity contribution in [3.05, 3.63) is 59.7 Å². The molecule has 0 radical (unpaired) electrons. The van der Waals surface area contributed by atoms with Crippen LogP contribution in [0.3, 0.4) is 0 Å². The molecule has 2 unspecified atom stereocenters. The second kappa shape index (κ2) is 10.1. The largest absolute Gasteiger partial charge is 0.481 e. The number of hydrogen-bond donors (Lipinski definition) is 3. The predicted molar refractivity (Wildman–Crippen MR) is 131 cm³/mol. The van der Waals surface area contributed by atoms with Crippen molar-refractivity contribution in [3.63, 3.8) is 0 Å². The molecule has 0 aromatic heterocycles. The molecule has 7 heteroatoms. The molecule has 2 amide bonds. The monoisotopic (exact) mass is 476 g/mol.